The van der Waals surface area contributed by atoms with Crippen LogP contribution in [0.2, 0.25) is 0 Å². The molecular formula is C20H23NO4. The molecule has 5 atom stereocenters. The zero-order valence-electron chi connectivity index (χ0n) is 14.4. The van der Waals surface area contributed by atoms with E-state index in [0.717, 1.165) is 24.2 Å². The van der Waals surface area contributed by atoms with E-state index in [1.165, 1.54) is 0 Å². The third kappa shape index (κ3) is 1.55. The van der Waals surface area contributed by atoms with E-state index in [1.807, 2.05) is 19.1 Å². The Balaban J connectivity index is 1.81. The highest BCUT2D eigenvalue weighted by Crippen LogP contribution is 2.63. The molecule has 0 spiro atoms. The van der Waals surface area contributed by atoms with Crippen LogP contribution in [0.1, 0.15) is 30.9 Å². The highest BCUT2D eigenvalue weighted by molar-refractivity contribution is 5.88. The Labute approximate surface area is 146 Å². The number of benzene rings is 1. The van der Waals surface area contributed by atoms with Gasteiger partial charge in [-0.3, -0.25) is 9.69 Å². The number of hydrogen-bond donors (Lipinski definition) is 2. The van der Waals surface area contributed by atoms with Crippen LogP contribution in [0.15, 0.2) is 24.8 Å². The number of Topliss-reactive ketones (excluding diaryl/α,β-unsaturated/α-hetero) is 1. The second-order valence-corrected chi connectivity index (χ2v) is 8.14. The van der Waals surface area contributed by atoms with Gasteiger partial charge in [0.25, 0.3) is 0 Å². The molecule has 1 aromatic rings. The predicted molar refractivity (Wildman–Crippen MR) is 91.8 cm³/mol. The lowest BCUT2D eigenvalue weighted by molar-refractivity contribution is -0.138. The number of ketones is 1. The van der Waals surface area contributed by atoms with E-state index in [0.29, 0.717) is 25.0 Å². The summed E-state index contributed by atoms with van der Waals surface area (Å²) >= 11 is 0. The standard InChI is InChI=1S/C20H23NO4/c1-3-8-21-10-12-5-7-14(23)18-19(2)16-11(9-15(21)20(12,19)24)4-6-13(22)17(16)25-18/h3-4,6,12,15,18,22,24H,1,5,7-10H2,2H3/t12?,15?,18-,19?,20?/m0/s1. The fourth-order valence-electron chi connectivity index (χ4n) is 6.13. The van der Waals surface area contributed by atoms with Gasteiger partial charge in [0.15, 0.2) is 23.4 Å². The van der Waals surface area contributed by atoms with Gasteiger partial charge in [-0.25, -0.2) is 0 Å². The quantitative estimate of drug-likeness (QED) is 0.799. The van der Waals surface area contributed by atoms with Crippen LogP contribution in [0.5, 0.6) is 11.5 Å². The minimum atomic E-state index is -1.04. The molecule has 2 N–H and O–H groups in total. The van der Waals surface area contributed by atoms with Gasteiger partial charge in [-0.1, -0.05) is 12.1 Å². The van der Waals surface area contributed by atoms with Crippen LogP contribution in [-0.4, -0.2) is 51.7 Å². The molecule has 2 heterocycles. The summed E-state index contributed by atoms with van der Waals surface area (Å²) in [5.41, 5.74) is 0.0423. The first-order valence-electron chi connectivity index (χ1n) is 9.05. The summed E-state index contributed by atoms with van der Waals surface area (Å²) in [5.74, 6) is 0.498. The van der Waals surface area contributed by atoms with Crippen LogP contribution in [-0.2, 0) is 16.6 Å². The molecular weight excluding hydrogens is 318 g/mol. The average Bonchev–Trinajstić information content (AvgIpc) is 3.03. The van der Waals surface area contributed by atoms with Crippen LogP contribution >= 0.6 is 0 Å². The summed E-state index contributed by atoms with van der Waals surface area (Å²) in [4.78, 5) is 15.1. The van der Waals surface area contributed by atoms with E-state index in [2.05, 4.69) is 11.5 Å². The maximum atomic E-state index is 12.8. The second-order valence-electron chi connectivity index (χ2n) is 8.14. The zero-order valence-corrected chi connectivity index (χ0v) is 14.4. The monoisotopic (exact) mass is 341 g/mol. The molecule has 2 aliphatic carbocycles. The number of rotatable bonds is 2. The molecule has 4 unspecified atom stereocenters. The summed E-state index contributed by atoms with van der Waals surface area (Å²) < 4.78 is 6.01. The number of likely N-dealkylation sites (tertiary alicyclic amines) is 1. The van der Waals surface area contributed by atoms with E-state index in [9.17, 15) is 15.0 Å². The fourth-order valence-corrected chi connectivity index (χ4v) is 6.13. The SMILES string of the molecule is C=CCN1CC2CCC(=O)[C@@H]3Oc4c(O)ccc5c4C3(C)C2(O)C1C5. The second kappa shape index (κ2) is 4.65. The van der Waals surface area contributed by atoms with Crippen molar-refractivity contribution in [2.24, 2.45) is 5.92 Å². The summed E-state index contributed by atoms with van der Waals surface area (Å²) in [6, 6.07) is 3.49. The number of nitrogens with zero attached hydrogens (tertiary/aromatic N) is 1. The van der Waals surface area contributed by atoms with Crippen molar-refractivity contribution < 1.29 is 19.7 Å². The lowest BCUT2D eigenvalue weighted by Gasteiger charge is -2.51. The number of aliphatic hydroxyl groups is 1. The first-order chi connectivity index (χ1) is 11.9. The average molecular weight is 341 g/mol. The van der Waals surface area contributed by atoms with Gasteiger partial charge in [-0.15, -0.1) is 6.58 Å². The first-order valence-corrected chi connectivity index (χ1v) is 9.05. The lowest BCUT2D eigenvalue weighted by atomic mass is 9.55. The third-order valence-electron chi connectivity index (χ3n) is 7.17. The van der Waals surface area contributed by atoms with Gasteiger partial charge in [-0.05, 0) is 31.4 Å². The van der Waals surface area contributed by atoms with E-state index >= 15 is 0 Å². The van der Waals surface area contributed by atoms with E-state index in [4.69, 9.17) is 4.74 Å². The van der Waals surface area contributed by atoms with E-state index in [1.54, 1.807) is 6.07 Å². The summed E-state index contributed by atoms with van der Waals surface area (Å²) in [6.07, 6.45) is 2.94. The van der Waals surface area contributed by atoms with Gasteiger partial charge >= 0.3 is 0 Å². The number of phenols is 1. The molecule has 25 heavy (non-hydrogen) atoms. The van der Waals surface area contributed by atoms with E-state index in [-0.39, 0.29) is 23.5 Å². The molecule has 0 aromatic heterocycles. The minimum Gasteiger partial charge on any atom is -0.504 e. The number of hydrogen-bond acceptors (Lipinski definition) is 5. The van der Waals surface area contributed by atoms with Crippen molar-refractivity contribution in [3.63, 3.8) is 0 Å². The van der Waals surface area contributed by atoms with Crippen LogP contribution in [0.25, 0.3) is 0 Å². The molecule has 5 heteroatoms. The summed E-state index contributed by atoms with van der Waals surface area (Å²) in [5, 5.41) is 22.4. The normalized spacial score (nSPS) is 41.2. The van der Waals surface area contributed by atoms with Crippen molar-refractivity contribution in [3.8, 4) is 11.5 Å². The molecule has 4 aliphatic rings. The van der Waals surface area contributed by atoms with Crippen LogP contribution < -0.4 is 4.74 Å². The lowest BCUT2D eigenvalue weighted by Crippen LogP contribution is -2.67. The Morgan fingerprint density at radius 3 is 3.04 bits per heavy atom. The van der Waals surface area contributed by atoms with Crippen molar-refractivity contribution in [1.82, 2.24) is 4.90 Å². The van der Waals surface area contributed by atoms with Gasteiger partial charge in [-0.2, -0.15) is 0 Å². The number of carbonyl (C=O) groups excluding carboxylic acids is 1. The number of ether oxygens (including phenoxy) is 1. The molecule has 5 rings (SSSR count). The summed E-state index contributed by atoms with van der Waals surface area (Å²) in [7, 11) is 0. The number of aromatic hydroxyl groups is 1. The maximum Gasteiger partial charge on any atom is 0.174 e. The Hall–Kier alpha value is -1.85. The molecule has 1 saturated heterocycles. The van der Waals surface area contributed by atoms with Crippen molar-refractivity contribution in [3.05, 3.63) is 35.9 Å². The van der Waals surface area contributed by atoms with Gasteiger partial charge in [0.1, 0.15) is 0 Å². The molecule has 5 nitrogen and oxygen atoms in total. The third-order valence-corrected chi connectivity index (χ3v) is 7.17. The van der Waals surface area contributed by atoms with E-state index < -0.39 is 17.1 Å². The topological polar surface area (TPSA) is 70.0 Å². The fraction of sp³-hybridized carbons (Fsp3) is 0.550. The van der Waals surface area contributed by atoms with Crippen LogP contribution in [0.3, 0.4) is 0 Å². The smallest absolute Gasteiger partial charge is 0.174 e. The molecule has 1 saturated carbocycles. The van der Waals surface area contributed by atoms with Crippen molar-refractivity contribution in [2.75, 3.05) is 13.1 Å². The Morgan fingerprint density at radius 2 is 2.28 bits per heavy atom. The largest absolute Gasteiger partial charge is 0.504 e. The molecule has 2 fully saturated rings. The van der Waals surface area contributed by atoms with Gasteiger partial charge in [0.05, 0.1) is 11.0 Å². The Kier molecular flexibility index (Phi) is 2.87. The Bertz CT molecular complexity index is 805. The first kappa shape index (κ1) is 15.4. The van der Waals surface area contributed by atoms with Crippen molar-refractivity contribution >= 4 is 5.78 Å². The molecule has 1 aromatic carbocycles. The summed E-state index contributed by atoms with van der Waals surface area (Å²) in [6.45, 7) is 7.31. The highest BCUT2D eigenvalue weighted by atomic mass is 16.5. The molecule has 0 bridgehead atoms. The van der Waals surface area contributed by atoms with Crippen LogP contribution in [0, 0.1) is 5.92 Å². The van der Waals surface area contributed by atoms with Crippen molar-refractivity contribution in [1.29, 1.82) is 0 Å². The number of phenolic OH excluding ortho intramolecular Hbond substituents is 1. The maximum absolute atomic E-state index is 12.8. The van der Waals surface area contributed by atoms with Gasteiger partial charge in [0, 0.05) is 37.0 Å². The molecule has 132 valence electrons. The highest BCUT2D eigenvalue weighted by Gasteiger charge is 2.73. The van der Waals surface area contributed by atoms with Crippen molar-refractivity contribution in [2.45, 2.75) is 49.3 Å². The van der Waals surface area contributed by atoms with Gasteiger partial charge < -0.3 is 14.9 Å². The van der Waals surface area contributed by atoms with Gasteiger partial charge in [0.2, 0.25) is 0 Å². The predicted octanol–water partition coefficient (Wildman–Crippen LogP) is 1.55. The zero-order chi connectivity index (χ0) is 17.6. The Morgan fingerprint density at radius 1 is 1.48 bits per heavy atom. The molecule has 0 radical (unpaired) electrons. The molecule has 0 amide bonds. The molecule has 2 aliphatic heterocycles. The van der Waals surface area contributed by atoms with Crippen LogP contribution in [0.4, 0.5) is 0 Å². The number of carbonyl (C=O) groups is 1. The minimum absolute atomic E-state index is 0.0152.